The Labute approximate surface area is 146 Å². The van der Waals surface area contributed by atoms with Gasteiger partial charge >= 0.3 is 0 Å². The molecule has 0 bridgehead atoms. The Morgan fingerprint density at radius 1 is 1.08 bits per heavy atom. The summed E-state index contributed by atoms with van der Waals surface area (Å²) >= 11 is 5.88. The van der Waals surface area contributed by atoms with Crippen LogP contribution in [0, 0.1) is 20.2 Å². The summed E-state index contributed by atoms with van der Waals surface area (Å²) in [7, 11) is 0. The molecule has 0 amide bonds. The quantitative estimate of drug-likeness (QED) is 0.465. The number of carbonyl (C=O) groups excluding carboxylic acids is 1. The van der Waals surface area contributed by atoms with Gasteiger partial charge in [0.2, 0.25) is 0 Å². The van der Waals surface area contributed by atoms with Crippen molar-refractivity contribution in [2.45, 2.75) is 12.3 Å². The maximum atomic E-state index is 11.5. The molecule has 1 aliphatic rings. The molecule has 7 nitrogen and oxygen atoms in total. The van der Waals surface area contributed by atoms with Gasteiger partial charge in [-0.25, -0.2) is 0 Å². The van der Waals surface area contributed by atoms with Crippen molar-refractivity contribution in [3.05, 3.63) is 83.9 Å². The summed E-state index contributed by atoms with van der Waals surface area (Å²) in [5, 5.41) is 22.9. The minimum Gasteiger partial charge on any atom is -0.298 e. The molecule has 0 radical (unpaired) electrons. The van der Waals surface area contributed by atoms with E-state index in [1.54, 1.807) is 24.3 Å². The average molecular weight is 359 g/mol. The van der Waals surface area contributed by atoms with Crippen molar-refractivity contribution >= 4 is 35.3 Å². The molecule has 0 N–H and O–H groups in total. The van der Waals surface area contributed by atoms with E-state index in [0.29, 0.717) is 28.0 Å². The Morgan fingerprint density at radius 2 is 1.76 bits per heavy atom. The zero-order valence-electron chi connectivity index (χ0n) is 12.7. The summed E-state index contributed by atoms with van der Waals surface area (Å²) in [6.07, 6.45) is 2.35. The van der Waals surface area contributed by atoms with Crippen molar-refractivity contribution in [3.8, 4) is 0 Å². The summed E-state index contributed by atoms with van der Waals surface area (Å²) in [6, 6.07) is 9.08. The Kier molecular flexibility index (Phi) is 4.33. The second-order valence-corrected chi connectivity index (χ2v) is 6.05. The van der Waals surface area contributed by atoms with E-state index in [2.05, 4.69) is 0 Å². The zero-order chi connectivity index (χ0) is 18.1. The highest BCUT2D eigenvalue weighted by Gasteiger charge is 2.31. The number of nitrogens with zero attached hydrogens (tertiary/aromatic N) is 2. The van der Waals surface area contributed by atoms with E-state index in [1.165, 1.54) is 12.1 Å². The van der Waals surface area contributed by atoms with Crippen LogP contribution in [0.3, 0.4) is 0 Å². The SMILES string of the molecule is O=CC1=Cc2cc([N+](=O)[O-])cc([N+](=O)[O-])c2C[C@@H]1c1ccc(Cl)cc1. The Balaban J connectivity index is 2.17. The third kappa shape index (κ3) is 3.14. The van der Waals surface area contributed by atoms with E-state index in [9.17, 15) is 25.0 Å². The minimum absolute atomic E-state index is 0.204. The Morgan fingerprint density at radius 3 is 2.32 bits per heavy atom. The maximum Gasteiger partial charge on any atom is 0.280 e. The molecule has 0 unspecified atom stereocenters. The highest BCUT2D eigenvalue weighted by Crippen LogP contribution is 2.40. The Hall–Kier alpha value is -3.06. The van der Waals surface area contributed by atoms with Gasteiger partial charge in [0.15, 0.2) is 0 Å². The van der Waals surface area contributed by atoms with Crippen molar-refractivity contribution in [2.75, 3.05) is 0 Å². The van der Waals surface area contributed by atoms with Crippen molar-refractivity contribution in [3.63, 3.8) is 0 Å². The van der Waals surface area contributed by atoms with Crippen LogP contribution in [0.2, 0.25) is 5.02 Å². The fraction of sp³-hybridized carbons (Fsp3) is 0.118. The van der Waals surface area contributed by atoms with Gasteiger partial charge in [0.25, 0.3) is 11.4 Å². The highest BCUT2D eigenvalue weighted by molar-refractivity contribution is 6.30. The van der Waals surface area contributed by atoms with Gasteiger partial charge in [-0.2, -0.15) is 0 Å². The molecule has 0 aromatic heterocycles. The number of rotatable bonds is 4. The number of hydrogen-bond donors (Lipinski definition) is 0. The monoisotopic (exact) mass is 358 g/mol. The topological polar surface area (TPSA) is 103 Å². The minimum atomic E-state index is -0.688. The molecule has 0 saturated carbocycles. The number of hydrogen-bond acceptors (Lipinski definition) is 5. The highest BCUT2D eigenvalue weighted by atomic mass is 35.5. The van der Waals surface area contributed by atoms with Gasteiger partial charge < -0.3 is 0 Å². The van der Waals surface area contributed by atoms with Crippen LogP contribution in [-0.4, -0.2) is 16.1 Å². The third-order valence-electron chi connectivity index (χ3n) is 4.19. The fourth-order valence-corrected chi connectivity index (χ4v) is 3.13. The predicted molar refractivity (Wildman–Crippen MR) is 91.7 cm³/mol. The molecule has 1 aliphatic carbocycles. The van der Waals surface area contributed by atoms with Crippen molar-refractivity contribution in [2.24, 2.45) is 0 Å². The van der Waals surface area contributed by atoms with Crippen LogP contribution in [0.4, 0.5) is 11.4 Å². The molecule has 0 spiro atoms. The molecular weight excluding hydrogens is 348 g/mol. The first-order valence-electron chi connectivity index (χ1n) is 7.28. The zero-order valence-corrected chi connectivity index (χ0v) is 13.5. The van der Waals surface area contributed by atoms with E-state index >= 15 is 0 Å². The molecule has 0 fully saturated rings. The lowest BCUT2D eigenvalue weighted by atomic mass is 9.79. The van der Waals surface area contributed by atoms with Gasteiger partial charge in [-0.05, 0) is 35.8 Å². The number of carbonyl (C=O) groups is 1. The molecular formula is C17H11ClN2O5. The van der Waals surface area contributed by atoms with Crippen LogP contribution in [0.25, 0.3) is 6.08 Å². The number of non-ortho nitro benzene ring substituents is 1. The van der Waals surface area contributed by atoms with E-state index in [0.717, 1.165) is 11.6 Å². The first kappa shape index (κ1) is 16.8. The van der Waals surface area contributed by atoms with Crippen LogP contribution in [-0.2, 0) is 11.2 Å². The van der Waals surface area contributed by atoms with Gasteiger partial charge in [-0.3, -0.25) is 25.0 Å². The largest absolute Gasteiger partial charge is 0.298 e. The maximum absolute atomic E-state index is 11.5. The molecule has 3 rings (SSSR count). The van der Waals surface area contributed by atoms with Crippen LogP contribution in [0.15, 0.2) is 42.0 Å². The van der Waals surface area contributed by atoms with Crippen LogP contribution in [0.5, 0.6) is 0 Å². The van der Waals surface area contributed by atoms with Gasteiger partial charge in [-0.1, -0.05) is 23.7 Å². The molecule has 0 saturated heterocycles. The van der Waals surface area contributed by atoms with Gasteiger partial charge in [0.1, 0.15) is 6.29 Å². The van der Waals surface area contributed by atoms with Crippen molar-refractivity contribution in [1.82, 2.24) is 0 Å². The molecule has 2 aromatic carbocycles. The van der Waals surface area contributed by atoms with Crippen molar-refractivity contribution in [1.29, 1.82) is 0 Å². The molecule has 0 heterocycles. The second-order valence-electron chi connectivity index (χ2n) is 5.62. The molecule has 1 atom stereocenters. The molecule has 8 heteroatoms. The second kappa shape index (κ2) is 6.45. The van der Waals surface area contributed by atoms with Crippen LogP contribution >= 0.6 is 11.6 Å². The lowest BCUT2D eigenvalue weighted by molar-refractivity contribution is -0.394. The smallest absolute Gasteiger partial charge is 0.280 e. The number of fused-ring (bicyclic) bond motifs is 1. The fourth-order valence-electron chi connectivity index (χ4n) is 3.01. The number of allylic oxidation sites excluding steroid dienone is 1. The Bertz CT molecular complexity index is 921. The van der Waals surface area contributed by atoms with E-state index in [-0.39, 0.29) is 23.7 Å². The van der Waals surface area contributed by atoms with Crippen LogP contribution < -0.4 is 0 Å². The van der Waals surface area contributed by atoms with Gasteiger partial charge in [-0.15, -0.1) is 0 Å². The number of aldehydes is 1. The number of halogens is 1. The van der Waals surface area contributed by atoms with E-state index < -0.39 is 9.85 Å². The van der Waals surface area contributed by atoms with Crippen LogP contribution in [0.1, 0.15) is 22.6 Å². The van der Waals surface area contributed by atoms with Gasteiger partial charge in [0, 0.05) is 28.1 Å². The predicted octanol–water partition coefficient (Wildman–Crippen LogP) is 4.08. The summed E-state index contributed by atoms with van der Waals surface area (Å²) in [6.45, 7) is 0. The number of nitro benzene ring substituents is 2. The first-order chi connectivity index (χ1) is 11.9. The molecule has 25 heavy (non-hydrogen) atoms. The van der Waals surface area contributed by atoms with Gasteiger partial charge in [0.05, 0.1) is 15.9 Å². The number of nitro groups is 2. The lowest BCUT2D eigenvalue weighted by Crippen LogP contribution is -2.14. The summed E-state index contributed by atoms with van der Waals surface area (Å²) < 4.78 is 0. The molecule has 0 aliphatic heterocycles. The average Bonchev–Trinajstić information content (AvgIpc) is 2.60. The van der Waals surface area contributed by atoms with E-state index in [1.807, 2.05) is 0 Å². The lowest BCUT2D eigenvalue weighted by Gasteiger charge is -2.23. The first-order valence-corrected chi connectivity index (χ1v) is 7.66. The number of benzene rings is 2. The molecule has 126 valence electrons. The van der Waals surface area contributed by atoms with E-state index in [4.69, 9.17) is 11.6 Å². The summed E-state index contributed by atoms with van der Waals surface area (Å²) in [5.74, 6) is -0.373. The normalized spacial score (nSPS) is 15.9. The van der Waals surface area contributed by atoms with Crippen molar-refractivity contribution < 1.29 is 14.6 Å². The summed E-state index contributed by atoms with van der Waals surface area (Å²) in [4.78, 5) is 32.5. The third-order valence-corrected chi connectivity index (χ3v) is 4.45. The molecule has 2 aromatic rings. The summed E-state index contributed by atoms with van der Waals surface area (Å²) in [5.41, 5.74) is 1.21. The standard InChI is InChI=1S/C17H11ClN2O5/c18-13-3-1-10(2-4-13)15-8-16-11(5-12(15)9-21)6-14(19(22)23)7-17(16)20(24)25/h1-7,9,15H,8H2/t15-/m1/s1.